The van der Waals surface area contributed by atoms with Gasteiger partial charge in [0.05, 0.1) is 35.2 Å². The quantitative estimate of drug-likeness (QED) is 0.294. The Kier molecular flexibility index (Phi) is 4.68. The van der Waals surface area contributed by atoms with Crippen LogP contribution in [0.2, 0.25) is 0 Å². The Morgan fingerprint density at radius 1 is 1.30 bits per heavy atom. The van der Waals surface area contributed by atoms with Crippen molar-refractivity contribution in [3.05, 3.63) is 62.9 Å². The number of para-hydroxylation sites is 1. The Morgan fingerprint density at radius 3 is 2.82 bits per heavy atom. The number of carbonyl (C=O) groups is 1. The highest BCUT2D eigenvalue weighted by atomic mass is 16.6. The van der Waals surface area contributed by atoms with E-state index in [1.54, 1.807) is 23.8 Å². The minimum atomic E-state index is -1.84. The third kappa shape index (κ3) is 3.33. The highest BCUT2D eigenvalue weighted by Gasteiger charge is 2.45. The number of benzene rings is 1. The van der Waals surface area contributed by atoms with Crippen molar-refractivity contribution in [1.82, 2.24) is 9.55 Å². The molecule has 2 aliphatic rings. The van der Waals surface area contributed by atoms with Crippen molar-refractivity contribution in [3.8, 4) is 11.4 Å². The normalized spacial score (nSPS) is 19.4. The predicted molar refractivity (Wildman–Crippen MR) is 123 cm³/mol. The van der Waals surface area contributed by atoms with Gasteiger partial charge in [-0.2, -0.15) is 0 Å². The maximum absolute atomic E-state index is 13.3. The summed E-state index contributed by atoms with van der Waals surface area (Å²) >= 11 is 0. The van der Waals surface area contributed by atoms with Crippen LogP contribution in [0.25, 0.3) is 22.3 Å². The summed E-state index contributed by atoms with van der Waals surface area (Å²) < 4.78 is 6.75. The molecule has 0 bridgehead atoms. The monoisotopic (exact) mass is 447 g/mol. The van der Waals surface area contributed by atoms with Gasteiger partial charge in [-0.15, -0.1) is 0 Å². The molecule has 8 nitrogen and oxygen atoms in total. The number of aromatic nitrogens is 2. The molecule has 1 atom stereocenters. The van der Waals surface area contributed by atoms with Crippen molar-refractivity contribution in [2.24, 2.45) is 5.16 Å². The molecule has 0 amide bonds. The van der Waals surface area contributed by atoms with Crippen molar-refractivity contribution in [2.75, 3.05) is 0 Å². The van der Waals surface area contributed by atoms with E-state index < -0.39 is 17.2 Å². The van der Waals surface area contributed by atoms with E-state index in [1.165, 1.54) is 0 Å². The van der Waals surface area contributed by atoms with Crippen LogP contribution in [0, 0.1) is 0 Å². The Morgan fingerprint density at radius 2 is 2.09 bits per heavy atom. The maximum Gasteiger partial charge on any atom is 0.343 e. The van der Waals surface area contributed by atoms with Crippen LogP contribution in [0.5, 0.6) is 0 Å². The van der Waals surface area contributed by atoms with Crippen LogP contribution in [0.1, 0.15) is 56.4 Å². The van der Waals surface area contributed by atoms with E-state index in [-0.39, 0.29) is 18.6 Å². The van der Waals surface area contributed by atoms with E-state index in [1.807, 2.05) is 45.0 Å². The van der Waals surface area contributed by atoms with Crippen molar-refractivity contribution in [1.29, 1.82) is 0 Å². The molecular weight excluding hydrogens is 422 g/mol. The summed E-state index contributed by atoms with van der Waals surface area (Å²) in [6, 6.07) is 9.51. The number of esters is 1. The average Bonchev–Trinajstić information content (AvgIpc) is 3.12. The fourth-order valence-electron chi connectivity index (χ4n) is 4.38. The van der Waals surface area contributed by atoms with Gasteiger partial charge in [0.25, 0.3) is 5.56 Å². The molecule has 2 aliphatic heterocycles. The summed E-state index contributed by atoms with van der Waals surface area (Å²) in [4.78, 5) is 36.0. The molecule has 5 rings (SSSR count). The first-order valence-electron chi connectivity index (χ1n) is 10.9. The van der Waals surface area contributed by atoms with Crippen LogP contribution in [0.3, 0.4) is 0 Å². The zero-order valence-corrected chi connectivity index (χ0v) is 19.0. The summed E-state index contributed by atoms with van der Waals surface area (Å²) in [6.45, 7) is 7.66. The van der Waals surface area contributed by atoms with Gasteiger partial charge in [0, 0.05) is 22.1 Å². The number of carbonyl (C=O) groups excluding carboxylic acids is 1. The molecule has 4 heterocycles. The molecule has 0 aliphatic carbocycles. The zero-order valence-electron chi connectivity index (χ0n) is 19.0. The molecule has 0 radical (unpaired) electrons. The van der Waals surface area contributed by atoms with Gasteiger partial charge in [0.15, 0.2) is 5.60 Å². The lowest BCUT2D eigenvalue weighted by Crippen LogP contribution is -2.44. The molecule has 0 fully saturated rings. The molecule has 0 saturated heterocycles. The number of nitrogens with zero attached hydrogens (tertiary/aromatic N) is 3. The largest absolute Gasteiger partial charge is 0.458 e. The van der Waals surface area contributed by atoms with E-state index in [0.29, 0.717) is 29.1 Å². The number of cyclic esters (lactones) is 1. The number of ether oxygens (including phenoxy) is 1. The zero-order chi connectivity index (χ0) is 23.5. The fourth-order valence-corrected chi connectivity index (χ4v) is 4.38. The molecule has 0 unspecified atom stereocenters. The van der Waals surface area contributed by atoms with E-state index in [4.69, 9.17) is 14.6 Å². The molecule has 0 spiro atoms. The van der Waals surface area contributed by atoms with Crippen molar-refractivity contribution in [2.45, 2.75) is 58.5 Å². The van der Waals surface area contributed by atoms with Gasteiger partial charge in [-0.1, -0.05) is 30.3 Å². The smallest absolute Gasteiger partial charge is 0.343 e. The van der Waals surface area contributed by atoms with Crippen LogP contribution < -0.4 is 5.56 Å². The lowest BCUT2D eigenvalue weighted by molar-refractivity contribution is -0.172. The second-order valence-corrected chi connectivity index (χ2v) is 9.46. The number of hydrogen-bond acceptors (Lipinski definition) is 7. The maximum atomic E-state index is 13.3. The molecule has 33 heavy (non-hydrogen) atoms. The number of rotatable bonds is 3. The molecule has 1 aromatic carbocycles. The minimum absolute atomic E-state index is 0.105. The molecule has 0 saturated carbocycles. The first kappa shape index (κ1) is 21.3. The molecular formula is C25H25N3O5. The van der Waals surface area contributed by atoms with Crippen LogP contribution >= 0.6 is 0 Å². The van der Waals surface area contributed by atoms with E-state index in [9.17, 15) is 14.7 Å². The topological polar surface area (TPSA) is 103 Å². The Balaban J connectivity index is 1.68. The van der Waals surface area contributed by atoms with Crippen molar-refractivity contribution < 1.29 is 19.5 Å². The van der Waals surface area contributed by atoms with Gasteiger partial charge >= 0.3 is 5.97 Å². The SMILES string of the molecule is CC[C@@]1(O)C(=O)OCc2c1cc1n(c2=O)Cc2cc3cccc(/C=N/OC(C)(C)C)c3nc2-1. The minimum Gasteiger partial charge on any atom is -0.458 e. The highest BCUT2D eigenvalue weighted by molar-refractivity contribution is 5.98. The van der Waals surface area contributed by atoms with Crippen molar-refractivity contribution in [3.63, 3.8) is 0 Å². The van der Waals surface area contributed by atoms with Crippen LogP contribution in [-0.4, -0.2) is 32.4 Å². The van der Waals surface area contributed by atoms with Gasteiger partial charge in [-0.3, -0.25) is 4.79 Å². The third-order valence-corrected chi connectivity index (χ3v) is 6.09. The lowest BCUT2D eigenvalue weighted by Gasteiger charge is -2.31. The second-order valence-electron chi connectivity index (χ2n) is 9.46. The summed E-state index contributed by atoms with van der Waals surface area (Å²) in [5, 5.41) is 16.0. The Hall–Kier alpha value is -3.52. The van der Waals surface area contributed by atoms with Gasteiger partial charge in [0.1, 0.15) is 12.2 Å². The standard InChI is InChI=1S/C25H25N3O5/c1-5-25(31)18-10-19-21-16(12-28(19)22(29)17(18)13-32-23(25)30)9-14-7-6-8-15(20(14)27-21)11-26-33-24(2,3)4/h6-11,31H,5,12-13H2,1-4H3/b26-11+/t25-/m0/s1. The summed E-state index contributed by atoms with van der Waals surface area (Å²) in [5.41, 5.74) is 1.72. The highest BCUT2D eigenvalue weighted by Crippen LogP contribution is 2.38. The Labute approximate surface area is 190 Å². The molecule has 170 valence electrons. The average molecular weight is 447 g/mol. The summed E-state index contributed by atoms with van der Waals surface area (Å²) in [6.07, 6.45) is 1.74. The van der Waals surface area contributed by atoms with Crippen LogP contribution in [0.4, 0.5) is 0 Å². The second kappa shape index (κ2) is 7.25. The van der Waals surface area contributed by atoms with Crippen LogP contribution in [0.15, 0.2) is 40.3 Å². The number of hydrogen-bond donors (Lipinski definition) is 1. The van der Waals surface area contributed by atoms with Gasteiger partial charge in [-0.25, -0.2) is 9.78 Å². The molecule has 2 aromatic heterocycles. The first-order valence-corrected chi connectivity index (χ1v) is 10.9. The van der Waals surface area contributed by atoms with Gasteiger partial charge in [-0.05, 0) is 39.3 Å². The van der Waals surface area contributed by atoms with E-state index in [0.717, 1.165) is 22.0 Å². The number of oxime groups is 1. The van der Waals surface area contributed by atoms with Crippen molar-refractivity contribution >= 4 is 23.1 Å². The fraction of sp³-hybridized carbons (Fsp3) is 0.360. The molecule has 8 heteroatoms. The third-order valence-electron chi connectivity index (χ3n) is 6.09. The van der Waals surface area contributed by atoms with Gasteiger partial charge in [0.2, 0.25) is 0 Å². The van der Waals surface area contributed by atoms with E-state index in [2.05, 4.69) is 5.16 Å². The number of aliphatic hydroxyl groups is 1. The molecule has 3 aromatic rings. The lowest BCUT2D eigenvalue weighted by atomic mass is 9.86. The van der Waals surface area contributed by atoms with Gasteiger partial charge < -0.3 is 19.2 Å². The first-order chi connectivity index (χ1) is 15.6. The number of fused-ring (bicyclic) bond motifs is 5. The number of pyridine rings is 2. The van der Waals surface area contributed by atoms with E-state index >= 15 is 0 Å². The Bertz CT molecular complexity index is 1400. The molecule has 1 N–H and O–H groups in total. The predicted octanol–water partition coefficient (Wildman–Crippen LogP) is 3.23. The van der Waals surface area contributed by atoms with Crippen LogP contribution in [-0.2, 0) is 33.1 Å². The summed E-state index contributed by atoms with van der Waals surface area (Å²) in [7, 11) is 0. The summed E-state index contributed by atoms with van der Waals surface area (Å²) in [5.74, 6) is -0.733.